The fourth-order valence-electron chi connectivity index (χ4n) is 3.55. The minimum absolute atomic E-state index is 0.137. The van der Waals surface area contributed by atoms with E-state index in [9.17, 15) is 9.59 Å². The molecule has 0 atom stereocenters. The summed E-state index contributed by atoms with van der Waals surface area (Å²) in [5, 5.41) is 2.90. The van der Waals surface area contributed by atoms with E-state index < -0.39 is 0 Å². The van der Waals surface area contributed by atoms with Gasteiger partial charge in [0.25, 0.3) is 11.8 Å². The Kier molecular flexibility index (Phi) is 7.77. The quantitative estimate of drug-likeness (QED) is 0.327. The molecule has 0 bridgehead atoms. The van der Waals surface area contributed by atoms with Gasteiger partial charge in [-0.15, -0.1) is 0 Å². The van der Waals surface area contributed by atoms with Crippen LogP contribution in [0.2, 0.25) is 0 Å². The van der Waals surface area contributed by atoms with Crippen LogP contribution in [-0.2, 0) is 22.6 Å². The van der Waals surface area contributed by atoms with Crippen molar-refractivity contribution in [2.24, 2.45) is 0 Å². The number of hydrogen-bond acceptors (Lipinski definition) is 5. The third kappa shape index (κ3) is 5.73. The van der Waals surface area contributed by atoms with Crippen molar-refractivity contribution in [1.82, 2.24) is 4.90 Å². The van der Waals surface area contributed by atoms with Crippen LogP contribution in [0.15, 0.2) is 83.8 Å². The van der Waals surface area contributed by atoms with Gasteiger partial charge >= 0.3 is 0 Å². The summed E-state index contributed by atoms with van der Waals surface area (Å²) in [4.78, 5) is 27.6. The van der Waals surface area contributed by atoms with E-state index in [0.29, 0.717) is 27.1 Å². The van der Waals surface area contributed by atoms with Crippen LogP contribution < -0.4 is 10.1 Å². The van der Waals surface area contributed by atoms with Crippen molar-refractivity contribution in [2.45, 2.75) is 19.9 Å². The number of benzene rings is 3. The summed E-state index contributed by atoms with van der Waals surface area (Å²) in [7, 11) is 0. The van der Waals surface area contributed by atoms with Crippen LogP contribution in [-0.4, -0.2) is 27.6 Å². The summed E-state index contributed by atoms with van der Waals surface area (Å²) >= 11 is 6.72. The molecule has 1 saturated heterocycles. The van der Waals surface area contributed by atoms with E-state index in [4.69, 9.17) is 17.0 Å². The fraction of sp³-hybridized carbons (Fsp3) is 0.148. The lowest BCUT2D eigenvalue weighted by Crippen LogP contribution is -2.27. The molecule has 3 aromatic carbocycles. The van der Waals surface area contributed by atoms with Gasteiger partial charge in [0.15, 0.2) is 6.61 Å². The Labute approximate surface area is 208 Å². The number of amides is 2. The first-order chi connectivity index (χ1) is 16.5. The first-order valence-electron chi connectivity index (χ1n) is 10.9. The second-order valence-electron chi connectivity index (χ2n) is 7.64. The number of aryl methyl sites for hydroxylation is 1. The van der Waals surface area contributed by atoms with Gasteiger partial charge in [-0.2, -0.15) is 0 Å². The minimum atomic E-state index is -0.245. The molecule has 1 fully saturated rings. The number of hydrogen-bond donors (Lipinski definition) is 1. The summed E-state index contributed by atoms with van der Waals surface area (Å²) in [6.45, 7) is 2.33. The van der Waals surface area contributed by atoms with Gasteiger partial charge in [-0.3, -0.25) is 14.5 Å². The van der Waals surface area contributed by atoms with E-state index in [1.54, 1.807) is 17.0 Å². The normalized spacial score (nSPS) is 14.5. The molecule has 0 aromatic heterocycles. The maximum absolute atomic E-state index is 13.0. The topological polar surface area (TPSA) is 58.6 Å². The number of rotatable bonds is 8. The molecule has 0 unspecified atom stereocenters. The molecule has 1 aliphatic heterocycles. The number of nitrogens with zero attached hydrogens (tertiary/aromatic N) is 1. The van der Waals surface area contributed by atoms with Crippen molar-refractivity contribution in [3.05, 3.63) is 100 Å². The number of anilines is 1. The second kappa shape index (κ2) is 11.1. The highest BCUT2D eigenvalue weighted by Crippen LogP contribution is 2.35. The monoisotopic (exact) mass is 488 g/mol. The van der Waals surface area contributed by atoms with Crippen LogP contribution >= 0.6 is 24.0 Å². The molecule has 3 aromatic rings. The first kappa shape index (κ1) is 23.7. The molecule has 34 heavy (non-hydrogen) atoms. The van der Waals surface area contributed by atoms with Crippen molar-refractivity contribution in [3.63, 3.8) is 0 Å². The van der Waals surface area contributed by atoms with Crippen LogP contribution in [0, 0.1) is 0 Å². The molecule has 4 rings (SSSR count). The van der Waals surface area contributed by atoms with Gasteiger partial charge in [0.05, 0.1) is 11.4 Å². The number of carbonyl (C=O) groups is 2. The maximum Gasteiger partial charge on any atom is 0.266 e. The van der Waals surface area contributed by atoms with Crippen molar-refractivity contribution in [3.8, 4) is 5.75 Å². The van der Waals surface area contributed by atoms with Crippen molar-refractivity contribution >= 4 is 51.9 Å². The van der Waals surface area contributed by atoms with Crippen LogP contribution in [0.1, 0.15) is 23.6 Å². The summed E-state index contributed by atoms with van der Waals surface area (Å²) in [5.74, 6) is 0.141. The smallest absolute Gasteiger partial charge is 0.266 e. The highest BCUT2D eigenvalue weighted by molar-refractivity contribution is 8.26. The largest absolute Gasteiger partial charge is 0.483 e. The molecule has 7 heteroatoms. The zero-order chi connectivity index (χ0) is 23.9. The highest BCUT2D eigenvalue weighted by atomic mass is 32.2. The maximum atomic E-state index is 13.0. The molecule has 1 heterocycles. The molecule has 0 radical (unpaired) electrons. The predicted octanol–water partition coefficient (Wildman–Crippen LogP) is 5.67. The number of para-hydroxylation sites is 2. The number of thiocarbonyl (C=S) groups is 1. The molecule has 1 aliphatic rings. The van der Waals surface area contributed by atoms with Gasteiger partial charge in [-0.25, -0.2) is 0 Å². The molecular formula is C27H24N2O3S2. The average Bonchev–Trinajstić information content (AvgIpc) is 3.12. The molecule has 0 spiro atoms. The summed E-state index contributed by atoms with van der Waals surface area (Å²) < 4.78 is 6.34. The van der Waals surface area contributed by atoms with Gasteiger partial charge < -0.3 is 10.1 Å². The molecule has 172 valence electrons. The Balaban J connectivity index is 1.44. The van der Waals surface area contributed by atoms with Crippen molar-refractivity contribution in [2.75, 3.05) is 11.9 Å². The number of nitrogens with one attached hydrogen (secondary N) is 1. The average molecular weight is 489 g/mol. The standard InChI is InChI=1S/C27H24N2O3S2/c1-2-20-12-6-8-14-22(20)28-25(30)18-32-23-15-9-7-13-21(23)16-24-26(31)29(27(33)34-24)17-19-10-4-3-5-11-19/h3-16H,2,17-18H2,1H3,(H,28,30)/b24-16-. The summed E-state index contributed by atoms with van der Waals surface area (Å²) in [6, 6.07) is 24.8. The zero-order valence-electron chi connectivity index (χ0n) is 18.7. The van der Waals surface area contributed by atoms with E-state index in [2.05, 4.69) is 5.32 Å². The van der Waals surface area contributed by atoms with E-state index in [1.807, 2.05) is 79.7 Å². The Bertz CT molecular complexity index is 1240. The lowest BCUT2D eigenvalue weighted by molar-refractivity contribution is -0.122. The van der Waals surface area contributed by atoms with E-state index in [1.165, 1.54) is 11.8 Å². The van der Waals surface area contributed by atoms with Gasteiger partial charge in [-0.05, 0) is 35.8 Å². The minimum Gasteiger partial charge on any atom is -0.483 e. The van der Waals surface area contributed by atoms with E-state index in [0.717, 1.165) is 23.2 Å². The van der Waals surface area contributed by atoms with Crippen LogP contribution in [0.4, 0.5) is 5.69 Å². The Hall–Kier alpha value is -3.42. The predicted molar refractivity (Wildman–Crippen MR) is 142 cm³/mol. The number of ether oxygens (including phenoxy) is 1. The lowest BCUT2D eigenvalue weighted by atomic mass is 10.1. The number of thioether (sulfide) groups is 1. The zero-order valence-corrected chi connectivity index (χ0v) is 20.3. The first-order valence-corrected chi connectivity index (χ1v) is 12.2. The molecule has 5 nitrogen and oxygen atoms in total. The second-order valence-corrected chi connectivity index (χ2v) is 9.31. The van der Waals surface area contributed by atoms with Crippen LogP contribution in [0.3, 0.4) is 0 Å². The Morgan fingerprint density at radius 1 is 1.03 bits per heavy atom. The third-order valence-electron chi connectivity index (χ3n) is 5.29. The SMILES string of the molecule is CCc1ccccc1NC(=O)COc1ccccc1/C=C1\SC(=S)N(Cc2ccccc2)C1=O. The fourth-order valence-corrected chi connectivity index (χ4v) is 4.80. The van der Waals surface area contributed by atoms with Crippen LogP contribution in [0.5, 0.6) is 5.75 Å². The van der Waals surface area contributed by atoms with Gasteiger partial charge in [-0.1, -0.05) is 97.6 Å². The Morgan fingerprint density at radius 3 is 2.53 bits per heavy atom. The van der Waals surface area contributed by atoms with E-state index in [-0.39, 0.29) is 18.4 Å². The highest BCUT2D eigenvalue weighted by Gasteiger charge is 2.32. The number of carbonyl (C=O) groups excluding carboxylic acids is 2. The van der Waals surface area contributed by atoms with Gasteiger partial charge in [0.2, 0.25) is 0 Å². The summed E-state index contributed by atoms with van der Waals surface area (Å²) in [5.41, 5.74) is 3.58. The molecule has 2 amide bonds. The van der Waals surface area contributed by atoms with Crippen molar-refractivity contribution in [1.29, 1.82) is 0 Å². The molecule has 1 N–H and O–H groups in total. The summed E-state index contributed by atoms with van der Waals surface area (Å²) in [6.07, 6.45) is 2.59. The molecular weight excluding hydrogens is 464 g/mol. The van der Waals surface area contributed by atoms with Gasteiger partial charge in [0.1, 0.15) is 10.1 Å². The molecule has 0 aliphatic carbocycles. The van der Waals surface area contributed by atoms with Crippen molar-refractivity contribution < 1.29 is 14.3 Å². The lowest BCUT2D eigenvalue weighted by Gasteiger charge is -2.14. The van der Waals surface area contributed by atoms with Crippen LogP contribution in [0.25, 0.3) is 6.08 Å². The van der Waals surface area contributed by atoms with E-state index >= 15 is 0 Å². The Morgan fingerprint density at radius 2 is 1.74 bits per heavy atom. The third-order valence-corrected chi connectivity index (χ3v) is 6.67. The molecule has 0 saturated carbocycles. The van der Waals surface area contributed by atoms with Gasteiger partial charge in [0, 0.05) is 11.3 Å².